The largest absolute Gasteiger partial charge is 0.350 e. The van der Waals surface area contributed by atoms with E-state index >= 15 is 0 Å². The van der Waals surface area contributed by atoms with Crippen LogP contribution in [0, 0.1) is 3.57 Å². The van der Waals surface area contributed by atoms with Gasteiger partial charge in [0.15, 0.2) is 0 Å². The lowest BCUT2D eigenvalue weighted by Gasteiger charge is -2.09. The van der Waals surface area contributed by atoms with Crippen LogP contribution in [0.15, 0.2) is 36.7 Å². The van der Waals surface area contributed by atoms with Gasteiger partial charge in [0.05, 0.1) is 5.56 Å². The van der Waals surface area contributed by atoms with E-state index in [4.69, 9.17) is 0 Å². The molecule has 1 N–H and O–H groups in total. The molecular weight excluding hydrogens is 365 g/mol. The molecule has 1 aromatic heterocycles. The number of imidazole rings is 1. The molecule has 1 fully saturated rings. The van der Waals surface area contributed by atoms with Crippen molar-refractivity contribution in [2.45, 2.75) is 25.3 Å². The maximum absolute atomic E-state index is 12.1. The van der Waals surface area contributed by atoms with Crippen LogP contribution in [0.25, 0.3) is 0 Å². The van der Waals surface area contributed by atoms with Crippen LogP contribution < -0.4 is 5.32 Å². The van der Waals surface area contributed by atoms with Crippen molar-refractivity contribution in [3.8, 4) is 0 Å². The molecule has 1 aliphatic rings. The van der Waals surface area contributed by atoms with Gasteiger partial charge in [-0.2, -0.15) is 0 Å². The highest BCUT2D eigenvalue weighted by Gasteiger charge is 2.27. The molecule has 0 spiro atoms. The smallest absolute Gasteiger partial charge is 0.252 e. The van der Waals surface area contributed by atoms with Crippen molar-refractivity contribution in [3.63, 3.8) is 0 Å². The first-order chi connectivity index (χ1) is 9.75. The fraction of sp³-hybridized carbons (Fsp3) is 0.333. The van der Waals surface area contributed by atoms with Gasteiger partial charge in [-0.15, -0.1) is 0 Å². The number of hydrogen-bond donors (Lipinski definition) is 1. The first kappa shape index (κ1) is 13.6. The number of amides is 1. The predicted molar refractivity (Wildman–Crippen MR) is 85.7 cm³/mol. The van der Waals surface area contributed by atoms with Crippen LogP contribution in [-0.2, 0) is 6.54 Å². The lowest BCUT2D eigenvalue weighted by molar-refractivity contribution is 0.0951. The normalized spacial score (nSPS) is 14.2. The Labute approximate surface area is 131 Å². The van der Waals surface area contributed by atoms with Crippen LogP contribution in [0.2, 0.25) is 0 Å². The summed E-state index contributed by atoms with van der Waals surface area (Å²) < 4.78 is 3.12. The fourth-order valence-electron chi connectivity index (χ4n) is 2.24. The van der Waals surface area contributed by atoms with Crippen molar-refractivity contribution in [3.05, 3.63) is 51.6 Å². The Balaban J connectivity index is 1.56. The summed E-state index contributed by atoms with van der Waals surface area (Å²) >= 11 is 2.18. The van der Waals surface area contributed by atoms with Crippen molar-refractivity contribution in [2.24, 2.45) is 0 Å². The molecule has 3 rings (SSSR count). The average molecular weight is 381 g/mol. The van der Waals surface area contributed by atoms with E-state index < -0.39 is 0 Å². The van der Waals surface area contributed by atoms with Gasteiger partial charge in [0, 0.05) is 35.0 Å². The van der Waals surface area contributed by atoms with E-state index in [0.717, 1.165) is 21.5 Å². The molecule has 1 aliphatic carbocycles. The molecule has 1 saturated carbocycles. The van der Waals surface area contributed by atoms with E-state index in [1.165, 1.54) is 12.8 Å². The Bertz CT molecular complexity index is 619. The third-order valence-electron chi connectivity index (χ3n) is 3.45. The molecule has 1 heterocycles. The maximum Gasteiger partial charge on any atom is 0.252 e. The Morgan fingerprint density at radius 1 is 1.40 bits per heavy atom. The molecule has 0 bridgehead atoms. The number of rotatable bonds is 5. The summed E-state index contributed by atoms with van der Waals surface area (Å²) in [5.41, 5.74) is 0.737. The van der Waals surface area contributed by atoms with E-state index in [9.17, 15) is 4.79 Å². The molecule has 4 nitrogen and oxygen atoms in total. The van der Waals surface area contributed by atoms with Gasteiger partial charge in [0.25, 0.3) is 5.91 Å². The summed E-state index contributed by atoms with van der Waals surface area (Å²) in [4.78, 5) is 16.5. The quantitative estimate of drug-likeness (QED) is 0.810. The monoisotopic (exact) mass is 381 g/mol. The van der Waals surface area contributed by atoms with Crippen LogP contribution in [0.1, 0.15) is 34.9 Å². The molecular formula is C15H16IN3O. The van der Waals surface area contributed by atoms with E-state index in [1.807, 2.05) is 36.7 Å². The van der Waals surface area contributed by atoms with E-state index in [1.54, 1.807) is 0 Å². The highest BCUT2D eigenvalue weighted by Crippen LogP contribution is 2.38. The zero-order valence-corrected chi connectivity index (χ0v) is 13.2. The minimum Gasteiger partial charge on any atom is -0.350 e. The second kappa shape index (κ2) is 5.95. The van der Waals surface area contributed by atoms with Crippen LogP contribution in [-0.4, -0.2) is 22.0 Å². The highest BCUT2D eigenvalue weighted by molar-refractivity contribution is 14.1. The molecule has 5 heteroatoms. The maximum atomic E-state index is 12.1. The Hall–Kier alpha value is -1.37. The molecule has 0 saturated heterocycles. The van der Waals surface area contributed by atoms with Gasteiger partial charge in [-0.05, 0) is 47.6 Å². The van der Waals surface area contributed by atoms with Crippen LogP contribution in [0.3, 0.4) is 0 Å². The minimum absolute atomic E-state index is 0.0110. The number of hydrogen-bond acceptors (Lipinski definition) is 2. The van der Waals surface area contributed by atoms with Gasteiger partial charge in [-0.1, -0.05) is 12.1 Å². The molecule has 0 radical (unpaired) electrons. The van der Waals surface area contributed by atoms with Gasteiger partial charge < -0.3 is 9.88 Å². The fourth-order valence-corrected chi connectivity index (χ4v) is 2.87. The molecule has 1 aromatic carbocycles. The third kappa shape index (κ3) is 3.03. The third-order valence-corrected chi connectivity index (χ3v) is 4.39. The minimum atomic E-state index is -0.0110. The molecule has 20 heavy (non-hydrogen) atoms. The number of halogens is 1. The number of nitrogens with zero attached hydrogens (tertiary/aromatic N) is 2. The van der Waals surface area contributed by atoms with Crippen LogP contribution in [0.4, 0.5) is 0 Å². The number of nitrogens with one attached hydrogen (secondary N) is 1. The Kier molecular flexibility index (Phi) is 4.05. The second-order valence-corrected chi connectivity index (χ2v) is 6.15. The summed E-state index contributed by atoms with van der Waals surface area (Å²) in [6, 6.07) is 7.62. The summed E-state index contributed by atoms with van der Waals surface area (Å²) in [5, 5.41) is 2.97. The van der Waals surface area contributed by atoms with E-state index in [-0.39, 0.29) is 5.91 Å². The van der Waals surface area contributed by atoms with Gasteiger partial charge in [0.1, 0.15) is 5.82 Å². The van der Waals surface area contributed by atoms with Crippen molar-refractivity contribution in [1.29, 1.82) is 0 Å². The summed E-state index contributed by atoms with van der Waals surface area (Å²) in [7, 11) is 0. The van der Waals surface area contributed by atoms with Gasteiger partial charge in [-0.25, -0.2) is 4.98 Å². The lowest BCUT2D eigenvalue weighted by atomic mass is 10.2. The zero-order valence-electron chi connectivity index (χ0n) is 11.1. The Morgan fingerprint density at radius 3 is 2.95 bits per heavy atom. The van der Waals surface area contributed by atoms with Gasteiger partial charge in [0.2, 0.25) is 0 Å². The standard InChI is InChI=1S/C15H16IN3O/c16-13-4-2-1-3-12(13)15(20)18-8-10-19-9-7-17-14(19)11-5-6-11/h1-4,7,9,11H,5-6,8,10H2,(H,18,20). The predicted octanol–water partition coefficient (Wildman–Crippen LogP) is 2.80. The second-order valence-electron chi connectivity index (χ2n) is 4.99. The molecule has 1 amide bonds. The van der Waals surface area contributed by atoms with Crippen molar-refractivity contribution in [2.75, 3.05) is 6.54 Å². The van der Waals surface area contributed by atoms with E-state index in [2.05, 4.69) is 37.5 Å². The number of benzene rings is 1. The van der Waals surface area contributed by atoms with Crippen molar-refractivity contribution < 1.29 is 4.79 Å². The molecule has 104 valence electrons. The first-order valence-corrected chi connectivity index (χ1v) is 7.87. The number of carbonyl (C=O) groups excluding carboxylic acids is 1. The Morgan fingerprint density at radius 2 is 2.20 bits per heavy atom. The van der Waals surface area contributed by atoms with Crippen molar-refractivity contribution >= 4 is 28.5 Å². The molecule has 2 aromatic rings. The zero-order chi connectivity index (χ0) is 13.9. The topological polar surface area (TPSA) is 46.9 Å². The summed E-state index contributed by atoms with van der Waals surface area (Å²) in [6.45, 7) is 1.40. The lowest BCUT2D eigenvalue weighted by Crippen LogP contribution is -2.28. The summed E-state index contributed by atoms with van der Waals surface area (Å²) in [6.07, 6.45) is 6.32. The number of carbonyl (C=O) groups is 1. The molecule has 0 atom stereocenters. The van der Waals surface area contributed by atoms with Crippen LogP contribution >= 0.6 is 22.6 Å². The van der Waals surface area contributed by atoms with Gasteiger partial charge >= 0.3 is 0 Å². The summed E-state index contributed by atoms with van der Waals surface area (Å²) in [5.74, 6) is 1.78. The first-order valence-electron chi connectivity index (χ1n) is 6.79. The van der Waals surface area contributed by atoms with Gasteiger partial charge in [-0.3, -0.25) is 4.79 Å². The van der Waals surface area contributed by atoms with Crippen molar-refractivity contribution in [1.82, 2.24) is 14.9 Å². The molecule has 0 aliphatic heterocycles. The van der Waals surface area contributed by atoms with E-state index in [0.29, 0.717) is 12.5 Å². The highest BCUT2D eigenvalue weighted by atomic mass is 127. The molecule has 0 unspecified atom stereocenters. The van der Waals surface area contributed by atoms with Crippen LogP contribution in [0.5, 0.6) is 0 Å². The number of aromatic nitrogens is 2. The SMILES string of the molecule is O=C(NCCn1ccnc1C1CC1)c1ccccc1I. The average Bonchev–Trinajstić information content (AvgIpc) is 3.19.